The standard InChI is InChI=1S/C12H10N2O2/c1-7-13-11-10(12(15)16-7)8-5-3-4-6-9(8)14(11)2/h3-6H,1-2H3. The Morgan fingerprint density at radius 2 is 2.06 bits per heavy atom. The van der Waals surface area contributed by atoms with Crippen molar-refractivity contribution in [2.45, 2.75) is 6.92 Å². The maximum atomic E-state index is 11.8. The Hall–Kier alpha value is -2.10. The average Bonchev–Trinajstić information content (AvgIpc) is 2.54. The number of para-hydroxylation sites is 1. The van der Waals surface area contributed by atoms with Gasteiger partial charge in [0.05, 0.1) is 5.52 Å². The van der Waals surface area contributed by atoms with Crippen LogP contribution < -0.4 is 5.63 Å². The highest BCUT2D eigenvalue weighted by atomic mass is 16.4. The Labute approximate surface area is 91.1 Å². The summed E-state index contributed by atoms with van der Waals surface area (Å²) >= 11 is 0. The SMILES string of the molecule is Cc1nc2c(c(=O)o1)c1ccccc1n2C. The van der Waals surface area contributed by atoms with E-state index in [0.29, 0.717) is 16.9 Å². The molecule has 16 heavy (non-hydrogen) atoms. The van der Waals surface area contributed by atoms with Crippen LogP contribution in [0.3, 0.4) is 0 Å². The first-order chi connectivity index (χ1) is 7.68. The van der Waals surface area contributed by atoms with E-state index in [1.807, 2.05) is 35.9 Å². The quantitative estimate of drug-likeness (QED) is 0.575. The van der Waals surface area contributed by atoms with E-state index >= 15 is 0 Å². The first-order valence-corrected chi connectivity index (χ1v) is 5.03. The molecule has 3 aromatic rings. The molecule has 0 saturated carbocycles. The molecular formula is C12H10N2O2. The second-order valence-electron chi connectivity index (χ2n) is 3.80. The van der Waals surface area contributed by atoms with Gasteiger partial charge in [-0.05, 0) is 6.07 Å². The normalized spacial score (nSPS) is 11.4. The Morgan fingerprint density at radius 3 is 2.88 bits per heavy atom. The van der Waals surface area contributed by atoms with Crippen molar-refractivity contribution in [2.24, 2.45) is 7.05 Å². The van der Waals surface area contributed by atoms with Crippen molar-refractivity contribution in [3.05, 3.63) is 40.6 Å². The molecule has 1 aromatic carbocycles. The van der Waals surface area contributed by atoms with E-state index in [2.05, 4.69) is 4.98 Å². The second-order valence-corrected chi connectivity index (χ2v) is 3.80. The highest BCUT2D eigenvalue weighted by Gasteiger charge is 2.13. The van der Waals surface area contributed by atoms with Gasteiger partial charge < -0.3 is 8.98 Å². The van der Waals surface area contributed by atoms with Crippen LogP contribution in [0.15, 0.2) is 33.5 Å². The summed E-state index contributed by atoms with van der Waals surface area (Å²) in [5.74, 6) is 0.392. The highest BCUT2D eigenvalue weighted by Crippen LogP contribution is 2.23. The number of nitrogens with zero attached hydrogens (tertiary/aromatic N) is 2. The Bertz CT molecular complexity index is 753. The molecule has 4 nitrogen and oxygen atoms in total. The summed E-state index contributed by atoms with van der Waals surface area (Å²) in [7, 11) is 1.90. The molecule has 0 amide bonds. The number of aryl methyl sites for hydroxylation is 2. The van der Waals surface area contributed by atoms with Crippen LogP contribution in [0.4, 0.5) is 0 Å². The smallest absolute Gasteiger partial charge is 0.349 e. The lowest BCUT2D eigenvalue weighted by atomic mass is 10.2. The highest BCUT2D eigenvalue weighted by molar-refractivity contribution is 6.05. The van der Waals surface area contributed by atoms with Gasteiger partial charge in [0, 0.05) is 19.4 Å². The van der Waals surface area contributed by atoms with Crippen molar-refractivity contribution < 1.29 is 4.42 Å². The molecule has 80 valence electrons. The molecule has 0 radical (unpaired) electrons. The maximum absolute atomic E-state index is 11.8. The third-order valence-electron chi connectivity index (χ3n) is 2.78. The van der Waals surface area contributed by atoms with Gasteiger partial charge in [0.15, 0.2) is 11.5 Å². The van der Waals surface area contributed by atoms with Crippen molar-refractivity contribution in [3.63, 3.8) is 0 Å². The number of fused-ring (bicyclic) bond motifs is 3. The molecule has 2 aromatic heterocycles. The number of hydrogen-bond acceptors (Lipinski definition) is 3. The zero-order valence-electron chi connectivity index (χ0n) is 9.02. The molecule has 0 saturated heterocycles. The summed E-state index contributed by atoms with van der Waals surface area (Å²) in [6.45, 7) is 1.68. The maximum Gasteiger partial charge on any atom is 0.349 e. The van der Waals surface area contributed by atoms with Crippen LogP contribution in [0.5, 0.6) is 0 Å². The molecule has 0 unspecified atom stereocenters. The molecule has 0 aliphatic heterocycles. The molecule has 2 heterocycles. The first kappa shape index (κ1) is 9.15. The number of benzene rings is 1. The van der Waals surface area contributed by atoms with E-state index < -0.39 is 0 Å². The topological polar surface area (TPSA) is 48.0 Å². The van der Waals surface area contributed by atoms with Crippen molar-refractivity contribution in [1.82, 2.24) is 9.55 Å². The van der Waals surface area contributed by atoms with Gasteiger partial charge in [-0.3, -0.25) is 0 Å². The van der Waals surface area contributed by atoms with Gasteiger partial charge in [-0.15, -0.1) is 0 Å². The molecular weight excluding hydrogens is 204 g/mol. The summed E-state index contributed by atoms with van der Waals surface area (Å²) in [5, 5.41) is 1.45. The number of hydrogen-bond donors (Lipinski definition) is 0. The van der Waals surface area contributed by atoms with Crippen molar-refractivity contribution in [3.8, 4) is 0 Å². The zero-order valence-corrected chi connectivity index (χ0v) is 9.02. The fourth-order valence-electron chi connectivity index (χ4n) is 2.07. The summed E-state index contributed by atoms with van der Waals surface area (Å²) in [6.07, 6.45) is 0. The van der Waals surface area contributed by atoms with Gasteiger partial charge in [0.1, 0.15) is 5.39 Å². The van der Waals surface area contributed by atoms with Crippen LogP contribution in [0.2, 0.25) is 0 Å². The third-order valence-corrected chi connectivity index (χ3v) is 2.78. The van der Waals surface area contributed by atoms with E-state index in [0.717, 1.165) is 10.9 Å². The van der Waals surface area contributed by atoms with Gasteiger partial charge in [-0.25, -0.2) is 4.79 Å². The summed E-state index contributed by atoms with van der Waals surface area (Å²) in [4.78, 5) is 16.1. The first-order valence-electron chi connectivity index (χ1n) is 5.03. The molecule has 0 bridgehead atoms. The summed E-state index contributed by atoms with van der Waals surface area (Å²) in [6, 6.07) is 7.72. The molecule has 3 rings (SSSR count). The Kier molecular flexibility index (Phi) is 1.68. The van der Waals surface area contributed by atoms with Gasteiger partial charge >= 0.3 is 5.63 Å². The van der Waals surface area contributed by atoms with Crippen molar-refractivity contribution >= 4 is 21.9 Å². The lowest BCUT2D eigenvalue weighted by Crippen LogP contribution is -2.03. The van der Waals surface area contributed by atoms with Crippen molar-refractivity contribution in [1.29, 1.82) is 0 Å². The molecule has 0 aliphatic carbocycles. The van der Waals surface area contributed by atoms with Gasteiger partial charge in [0.2, 0.25) is 0 Å². The lowest BCUT2D eigenvalue weighted by Gasteiger charge is -1.96. The molecule has 0 spiro atoms. The van der Waals surface area contributed by atoms with Gasteiger partial charge in [0.25, 0.3) is 0 Å². The van der Waals surface area contributed by atoms with Crippen molar-refractivity contribution in [2.75, 3.05) is 0 Å². The Balaban J connectivity index is 2.73. The molecule has 0 aliphatic rings. The van der Waals surface area contributed by atoms with Crippen LogP contribution >= 0.6 is 0 Å². The van der Waals surface area contributed by atoms with Gasteiger partial charge in [-0.2, -0.15) is 4.98 Å². The molecule has 0 atom stereocenters. The predicted octanol–water partition coefficient (Wildman–Crippen LogP) is 1.99. The second kappa shape index (κ2) is 2.95. The average molecular weight is 214 g/mol. The minimum absolute atomic E-state index is 0.320. The molecule has 0 N–H and O–H groups in total. The monoisotopic (exact) mass is 214 g/mol. The van der Waals surface area contributed by atoms with Crippen LogP contribution in [0.25, 0.3) is 21.9 Å². The number of rotatable bonds is 0. The fraction of sp³-hybridized carbons (Fsp3) is 0.167. The molecule has 0 fully saturated rings. The third kappa shape index (κ3) is 1.04. The van der Waals surface area contributed by atoms with E-state index in [-0.39, 0.29) is 5.63 Å². The van der Waals surface area contributed by atoms with Crippen LogP contribution in [-0.2, 0) is 7.05 Å². The van der Waals surface area contributed by atoms with E-state index in [9.17, 15) is 4.79 Å². The minimum atomic E-state index is -0.320. The Morgan fingerprint density at radius 1 is 1.31 bits per heavy atom. The summed E-state index contributed by atoms with van der Waals surface area (Å²) < 4.78 is 6.94. The van der Waals surface area contributed by atoms with Crippen LogP contribution in [0, 0.1) is 6.92 Å². The van der Waals surface area contributed by atoms with E-state index in [1.165, 1.54) is 0 Å². The van der Waals surface area contributed by atoms with Crippen LogP contribution in [0.1, 0.15) is 5.89 Å². The zero-order chi connectivity index (χ0) is 11.3. The van der Waals surface area contributed by atoms with Crippen LogP contribution in [-0.4, -0.2) is 9.55 Å². The fourth-order valence-corrected chi connectivity index (χ4v) is 2.07. The van der Waals surface area contributed by atoms with E-state index in [4.69, 9.17) is 4.42 Å². The van der Waals surface area contributed by atoms with Gasteiger partial charge in [-0.1, -0.05) is 18.2 Å². The number of aromatic nitrogens is 2. The molecule has 4 heteroatoms. The largest absolute Gasteiger partial charge is 0.408 e. The lowest BCUT2D eigenvalue weighted by molar-refractivity contribution is 0.466. The summed E-state index contributed by atoms with van der Waals surface area (Å²) in [5.41, 5.74) is 1.34. The predicted molar refractivity (Wildman–Crippen MR) is 61.5 cm³/mol. The van der Waals surface area contributed by atoms with E-state index in [1.54, 1.807) is 6.92 Å². The minimum Gasteiger partial charge on any atom is -0.408 e.